The molecule has 1 aliphatic carbocycles. The molecule has 0 aromatic rings. The summed E-state index contributed by atoms with van der Waals surface area (Å²) in [6.07, 6.45) is 9.31. The maximum atomic E-state index is 13.0. The first kappa shape index (κ1) is 26.0. The van der Waals surface area contributed by atoms with Crippen LogP contribution >= 0.6 is 0 Å². The second-order valence-corrected chi connectivity index (χ2v) is 9.52. The Labute approximate surface area is 192 Å². The quantitative estimate of drug-likeness (QED) is 0.447. The molecular weight excluding hydrogens is 406 g/mol. The molecule has 2 rings (SSSR count). The lowest BCUT2D eigenvalue weighted by atomic mass is 9.83. The standard InChI is InChI=1S/C24H41N5O3/c1-5-9-18-12-13-29(17(18)4)21(30)15-27-24(32)22(19-10-7-6-8-11-19)28-23(31)20(25)14-26-16(2)3/h14,16-19,22,25H,5-13,15H2,1-4H3,(H,27,32)(H,28,31)/t17?,18-,22?/m0/s1. The summed E-state index contributed by atoms with van der Waals surface area (Å²) in [4.78, 5) is 44.3. The third-order valence-electron chi connectivity index (χ3n) is 6.74. The van der Waals surface area contributed by atoms with Gasteiger partial charge in [0.2, 0.25) is 11.8 Å². The van der Waals surface area contributed by atoms with Crippen LogP contribution < -0.4 is 10.6 Å². The topological polar surface area (TPSA) is 115 Å². The first-order valence-corrected chi connectivity index (χ1v) is 12.2. The van der Waals surface area contributed by atoms with Crippen LogP contribution in [0.2, 0.25) is 0 Å². The van der Waals surface area contributed by atoms with Crippen molar-refractivity contribution in [3.63, 3.8) is 0 Å². The minimum Gasteiger partial charge on any atom is -0.345 e. The molecule has 3 N–H and O–H groups in total. The first-order chi connectivity index (χ1) is 15.2. The van der Waals surface area contributed by atoms with E-state index in [0.717, 1.165) is 57.9 Å². The lowest BCUT2D eigenvalue weighted by Crippen LogP contribution is -2.54. The molecule has 32 heavy (non-hydrogen) atoms. The monoisotopic (exact) mass is 447 g/mol. The molecule has 3 amide bonds. The van der Waals surface area contributed by atoms with Crippen molar-refractivity contribution in [2.75, 3.05) is 13.1 Å². The molecule has 2 fully saturated rings. The molecule has 0 aromatic heterocycles. The van der Waals surface area contributed by atoms with Gasteiger partial charge in [0.15, 0.2) is 0 Å². The maximum absolute atomic E-state index is 13.0. The molecule has 0 spiro atoms. The van der Waals surface area contributed by atoms with Crippen molar-refractivity contribution in [2.45, 2.75) is 97.2 Å². The zero-order valence-electron chi connectivity index (χ0n) is 20.2. The van der Waals surface area contributed by atoms with Gasteiger partial charge in [0.25, 0.3) is 5.91 Å². The van der Waals surface area contributed by atoms with Crippen LogP contribution in [-0.2, 0) is 14.4 Å². The van der Waals surface area contributed by atoms with Crippen molar-refractivity contribution >= 4 is 29.6 Å². The van der Waals surface area contributed by atoms with Crippen LogP contribution in [0.3, 0.4) is 0 Å². The fourth-order valence-electron chi connectivity index (χ4n) is 4.85. The van der Waals surface area contributed by atoms with E-state index >= 15 is 0 Å². The third-order valence-corrected chi connectivity index (χ3v) is 6.74. The van der Waals surface area contributed by atoms with Crippen LogP contribution in [0.25, 0.3) is 0 Å². The summed E-state index contributed by atoms with van der Waals surface area (Å²) in [6, 6.07) is -0.572. The summed E-state index contributed by atoms with van der Waals surface area (Å²) in [7, 11) is 0. The molecule has 1 aliphatic heterocycles. The van der Waals surface area contributed by atoms with Gasteiger partial charge in [-0.05, 0) is 58.3 Å². The predicted molar refractivity (Wildman–Crippen MR) is 127 cm³/mol. The van der Waals surface area contributed by atoms with Gasteiger partial charge in [-0.1, -0.05) is 32.6 Å². The average Bonchev–Trinajstić information content (AvgIpc) is 3.14. The van der Waals surface area contributed by atoms with Crippen LogP contribution in [0.1, 0.15) is 79.1 Å². The van der Waals surface area contributed by atoms with E-state index < -0.39 is 11.9 Å². The number of hydrogen-bond acceptors (Lipinski definition) is 5. The molecule has 3 atom stereocenters. The lowest BCUT2D eigenvalue weighted by Gasteiger charge is -2.30. The molecule has 1 saturated heterocycles. The largest absolute Gasteiger partial charge is 0.345 e. The molecule has 0 bridgehead atoms. The number of likely N-dealkylation sites (tertiary alicyclic amines) is 1. The zero-order valence-corrected chi connectivity index (χ0v) is 20.2. The summed E-state index contributed by atoms with van der Waals surface area (Å²) in [5, 5.41) is 13.5. The fourth-order valence-corrected chi connectivity index (χ4v) is 4.85. The normalized spacial score (nSPS) is 22.8. The summed E-state index contributed by atoms with van der Waals surface area (Å²) in [5.74, 6) is -0.495. The second-order valence-electron chi connectivity index (χ2n) is 9.52. The van der Waals surface area contributed by atoms with E-state index in [-0.39, 0.29) is 42.1 Å². The number of nitrogens with one attached hydrogen (secondary N) is 3. The highest BCUT2D eigenvalue weighted by molar-refractivity contribution is 6.59. The van der Waals surface area contributed by atoms with Gasteiger partial charge in [-0.3, -0.25) is 24.8 Å². The van der Waals surface area contributed by atoms with Crippen LogP contribution in [-0.4, -0.2) is 65.8 Å². The summed E-state index contributed by atoms with van der Waals surface area (Å²) in [5.41, 5.74) is -0.267. The zero-order chi connectivity index (χ0) is 23.7. The van der Waals surface area contributed by atoms with Crippen LogP contribution in [0.4, 0.5) is 0 Å². The Balaban J connectivity index is 1.98. The Morgan fingerprint density at radius 3 is 2.47 bits per heavy atom. The van der Waals surface area contributed by atoms with Crippen molar-refractivity contribution in [1.29, 1.82) is 5.41 Å². The molecule has 180 valence electrons. The van der Waals surface area contributed by atoms with Gasteiger partial charge in [-0.25, -0.2) is 0 Å². The highest BCUT2D eigenvalue weighted by Crippen LogP contribution is 2.28. The summed E-state index contributed by atoms with van der Waals surface area (Å²) >= 11 is 0. The van der Waals surface area contributed by atoms with Gasteiger partial charge >= 0.3 is 0 Å². The van der Waals surface area contributed by atoms with E-state index in [0.29, 0.717) is 5.92 Å². The number of amides is 3. The van der Waals surface area contributed by atoms with Crippen LogP contribution in [0.15, 0.2) is 4.99 Å². The second kappa shape index (κ2) is 12.7. The van der Waals surface area contributed by atoms with E-state index in [4.69, 9.17) is 5.41 Å². The van der Waals surface area contributed by atoms with Crippen molar-refractivity contribution in [1.82, 2.24) is 15.5 Å². The van der Waals surface area contributed by atoms with Crippen molar-refractivity contribution in [3.05, 3.63) is 0 Å². The Hall–Kier alpha value is -2.25. The number of hydrogen-bond donors (Lipinski definition) is 3. The highest BCUT2D eigenvalue weighted by Gasteiger charge is 2.35. The van der Waals surface area contributed by atoms with Crippen LogP contribution in [0.5, 0.6) is 0 Å². The van der Waals surface area contributed by atoms with E-state index in [2.05, 4.69) is 29.5 Å². The van der Waals surface area contributed by atoms with Gasteiger partial charge in [0.05, 0.1) is 12.8 Å². The van der Waals surface area contributed by atoms with Crippen molar-refractivity contribution in [3.8, 4) is 0 Å². The van der Waals surface area contributed by atoms with Gasteiger partial charge in [0.1, 0.15) is 11.8 Å². The lowest BCUT2D eigenvalue weighted by molar-refractivity contribution is -0.135. The molecule has 0 radical (unpaired) electrons. The Morgan fingerprint density at radius 1 is 1.16 bits per heavy atom. The number of nitrogens with zero attached hydrogens (tertiary/aromatic N) is 2. The summed E-state index contributed by atoms with van der Waals surface area (Å²) in [6.45, 7) is 8.64. The van der Waals surface area contributed by atoms with Crippen molar-refractivity contribution < 1.29 is 14.4 Å². The molecule has 0 aromatic carbocycles. The molecule has 8 heteroatoms. The van der Waals surface area contributed by atoms with Crippen LogP contribution in [0, 0.1) is 17.2 Å². The molecule has 2 unspecified atom stereocenters. The number of carbonyl (C=O) groups excluding carboxylic acids is 3. The summed E-state index contributed by atoms with van der Waals surface area (Å²) < 4.78 is 0. The smallest absolute Gasteiger partial charge is 0.271 e. The molecule has 8 nitrogen and oxygen atoms in total. The number of rotatable bonds is 10. The SMILES string of the molecule is CCC[C@H]1CCN(C(=O)CNC(=O)C(NC(=O)C(=N)C=NC(C)C)C2CCCCC2)C1C. The number of aliphatic imine (C=N–C) groups is 1. The van der Waals surface area contributed by atoms with E-state index in [1.165, 1.54) is 6.21 Å². The van der Waals surface area contributed by atoms with Crippen molar-refractivity contribution in [2.24, 2.45) is 16.8 Å². The minimum absolute atomic E-state index is 0.0114. The molecule has 1 saturated carbocycles. The van der Waals surface area contributed by atoms with Gasteiger partial charge in [-0.15, -0.1) is 0 Å². The molecular formula is C24H41N5O3. The highest BCUT2D eigenvalue weighted by atomic mass is 16.2. The van der Waals surface area contributed by atoms with E-state index in [9.17, 15) is 14.4 Å². The van der Waals surface area contributed by atoms with E-state index in [1.54, 1.807) is 0 Å². The third kappa shape index (κ3) is 7.41. The molecule has 1 heterocycles. The number of carbonyl (C=O) groups is 3. The van der Waals surface area contributed by atoms with Gasteiger partial charge in [0, 0.05) is 18.6 Å². The van der Waals surface area contributed by atoms with Gasteiger partial charge in [-0.2, -0.15) is 0 Å². The van der Waals surface area contributed by atoms with E-state index in [1.807, 2.05) is 18.7 Å². The fraction of sp³-hybridized carbons (Fsp3) is 0.792. The minimum atomic E-state index is -0.743. The Bertz CT molecular complexity index is 700. The predicted octanol–water partition coefficient (Wildman–Crippen LogP) is 2.70. The Morgan fingerprint density at radius 2 is 1.84 bits per heavy atom. The van der Waals surface area contributed by atoms with Gasteiger partial charge < -0.3 is 15.5 Å². The first-order valence-electron chi connectivity index (χ1n) is 12.2. The maximum Gasteiger partial charge on any atom is 0.271 e. The Kier molecular flexibility index (Phi) is 10.3. The molecule has 2 aliphatic rings. The average molecular weight is 448 g/mol.